The number of halogens is 1. The number of para-hydroxylation sites is 1. The fraction of sp³-hybridized carbons (Fsp3) is 0.211. The molecule has 27 heavy (non-hydrogen) atoms. The molecule has 2 amide bonds. The predicted octanol–water partition coefficient (Wildman–Crippen LogP) is 2.14. The van der Waals surface area contributed by atoms with Gasteiger partial charge in [0.1, 0.15) is 17.4 Å². The fourth-order valence-electron chi connectivity index (χ4n) is 3.28. The first-order valence-electron chi connectivity index (χ1n) is 8.15. The zero-order valence-electron chi connectivity index (χ0n) is 14.5. The van der Waals surface area contributed by atoms with Gasteiger partial charge in [0.25, 0.3) is 5.91 Å². The molecule has 0 spiro atoms. The van der Waals surface area contributed by atoms with Crippen LogP contribution in [-0.4, -0.2) is 37.8 Å². The van der Waals surface area contributed by atoms with E-state index in [4.69, 9.17) is 14.3 Å². The molecule has 8 heteroatoms. The summed E-state index contributed by atoms with van der Waals surface area (Å²) in [6, 6.07) is 10.6. The quantitative estimate of drug-likeness (QED) is 0.771. The number of amides is 2. The summed E-state index contributed by atoms with van der Waals surface area (Å²) in [7, 11) is 3.00. The van der Waals surface area contributed by atoms with Crippen molar-refractivity contribution in [2.45, 2.75) is 6.10 Å². The van der Waals surface area contributed by atoms with E-state index in [0.29, 0.717) is 17.1 Å². The molecule has 4 rings (SSSR count). The Morgan fingerprint density at radius 3 is 2.48 bits per heavy atom. The Morgan fingerprint density at radius 2 is 1.78 bits per heavy atom. The van der Waals surface area contributed by atoms with Crippen LogP contribution >= 0.6 is 0 Å². The largest absolute Gasteiger partial charge is 0.493 e. The molecule has 0 aromatic heterocycles. The van der Waals surface area contributed by atoms with Crippen molar-refractivity contribution in [2.75, 3.05) is 19.1 Å². The van der Waals surface area contributed by atoms with E-state index in [9.17, 15) is 14.0 Å². The highest BCUT2D eigenvalue weighted by Crippen LogP contribution is 2.37. The van der Waals surface area contributed by atoms with Gasteiger partial charge in [-0.15, -0.1) is 0 Å². The van der Waals surface area contributed by atoms with E-state index in [1.54, 1.807) is 24.3 Å². The lowest BCUT2D eigenvalue weighted by Crippen LogP contribution is -2.33. The van der Waals surface area contributed by atoms with E-state index < -0.39 is 29.7 Å². The third-order valence-electron chi connectivity index (χ3n) is 4.58. The lowest BCUT2D eigenvalue weighted by molar-refractivity contribution is -0.126. The first kappa shape index (κ1) is 17.0. The SMILES string of the molecule is COc1ccc(C2=NO[C@@H]3C(=O)N(c4ccccc4F)C(=O)[C@H]23)cc1OC. The monoisotopic (exact) mass is 370 g/mol. The molecule has 0 aliphatic carbocycles. The van der Waals surface area contributed by atoms with E-state index in [1.165, 1.54) is 32.4 Å². The molecule has 2 aliphatic heterocycles. The van der Waals surface area contributed by atoms with Gasteiger partial charge in [0.2, 0.25) is 12.0 Å². The van der Waals surface area contributed by atoms with Gasteiger partial charge in [0.05, 0.1) is 19.9 Å². The van der Waals surface area contributed by atoms with E-state index in [-0.39, 0.29) is 11.4 Å². The number of hydrogen-bond donors (Lipinski definition) is 0. The van der Waals surface area contributed by atoms with Gasteiger partial charge in [-0.1, -0.05) is 17.3 Å². The van der Waals surface area contributed by atoms with Crippen LogP contribution in [0.1, 0.15) is 5.56 Å². The number of anilines is 1. The van der Waals surface area contributed by atoms with E-state index in [2.05, 4.69) is 5.16 Å². The molecule has 7 nitrogen and oxygen atoms in total. The smallest absolute Gasteiger partial charge is 0.279 e. The van der Waals surface area contributed by atoms with Gasteiger partial charge in [-0.05, 0) is 30.3 Å². The second-order valence-electron chi connectivity index (χ2n) is 6.01. The number of benzene rings is 2. The molecule has 2 heterocycles. The fourth-order valence-corrected chi connectivity index (χ4v) is 3.28. The Balaban J connectivity index is 1.71. The molecule has 2 aromatic rings. The van der Waals surface area contributed by atoms with Crippen molar-refractivity contribution < 1.29 is 28.3 Å². The van der Waals surface area contributed by atoms with Crippen LogP contribution in [0.15, 0.2) is 47.6 Å². The maximum Gasteiger partial charge on any atom is 0.279 e. The average molecular weight is 370 g/mol. The molecule has 1 saturated heterocycles. The molecule has 138 valence electrons. The average Bonchev–Trinajstić information content (AvgIpc) is 3.22. The van der Waals surface area contributed by atoms with Gasteiger partial charge in [-0.3, -0.25) is 9.59 Å². The van der Waals surface area contributed by atoms with Crippen LogP contribution in [-0.2, 0) is 14.4 Å². The molecule has 0 unspecified atom stereocenters. The van der Waals surface area contributed by atoms with Crippen LogP contribution in [0.25, 0.3) is 0 Å². The number of carbonyl (C=O) groups excluding carboxylic acids is 2. The molecule has 2 aromatic carbocycles. The lowest BCUT2D eigenvalue weighted by atomic mass is 9.94. The van der Waals surface area contributed by atoms with Crippen LogP contribution in [0, 0.1) is 11.7 Å². The summed E-state index contributed by atoms with van der Waals surface area (Å²) in [6.07, 6.45) is -1.11. The van der Waals surface area contributed by atoms with Crippen molar-refractivity contribution in [3.8, 4) is 11.5 Å². The number of ether oxygens (including phenoxy) is 2. The Kier molecular flexibility index (Phi) is 4.02. The van der Waals surface area contributed by atoms with Crippen molar-refractivity contribution in [2.24, 2.45) is 11.1 Å². The summed E-state index contributed by atoms with van der Waals surface area (Å²) >= 11 is 0. The highest BCUT2D eigenvalue weighted by molar-refractivity contribution is 6.32. The van der Waals surface area contributed by atoms with Crippen LogP contribution in [0.2, 0.25) is 0 Å². The number of hydrogen-bond acceptors (Lipinski definition) is 6. The topological polar surface area (TPSA) is 77.4 Å². The second-order valence-corrected chi connectivity index (χ2v) is 6.01. The Bertz CT molecular complexity index is 974. The van der Waals surface area contributed by atoms with Crippen LogP contribution in [0.4, 0.5) is 10.1 Å². The number of fused-ring (bicyclic) bond motifs is 1. The van der Waals surface area contributed by atoms with Crippen molar-refractivity contribution in [3.05, 3.63) is 53.8 Å². The molecule has 0 bridgehead atoms. The maximum absolute atomic E-state index is 14.1. The summed E-state index contributed by atoms with van der Waals surface area (Å²) < 4.78 is 24.6. The standard InChI is InChI=1S/C19H15FN2O5/c1-25-13-8-7-10(9-14(13)26-2)16-15-17(27-21-16)19(24)22(18(15)23)12-6-4-3-5-11(12)20/h3-9,15,17H,1-2H3/t15-,17+/m1/s1. The number of oxime groups is 1. The third-order valence-corrected chi connectivity index (χ3v) is 4.58. The zero-order valence-corrected chi connectivity index (χ0v) is 14.5. The number of methoxy groups -OCH3 is 2. The summed E-state index contributed by atoms with van der Waals surface area (Å²) in [6.45, 7) is 0. The summed E-state index contributed by atoms with van der Waals surface area (Å²) in [4.78, 5) is 31.6. The van der Waals surface area contributed by atoms with Gasteiger partial charge in [0, 0.05) is 5.56 Å². The molecule has 2 aliphatic rings. The maximum atomic E-state index is 14.1. The van der Waals surface area contributed by atoms with Gasteiger partial charge >= 0.3 is 0 Å². The van der Waals surface area contributed by atoms with Crippen molar-refractivity contribution in [1.82, 2.24) is 0 Å². The van der Waals surface area contributed by atoms with E-state index >= 15 is 0 Å². The number of imide groups is 1. The highest BCUT2D eigenvalue weighted by atomic mass is 19.1. The lowest BCUT2D eigenvalue weighted by Gasteiger charge is -2.16. The zero-order chi connectivity index (χ0) is 19.1. The van der Waals surface area contributed by atoms with Crippen LogP contribution in [0.3, 0.4) is 0 Å². The van der Waals surface area contributed by atoms with Gasteiger partial charge < -0.3 is 14.3 Å². The summed E-state index contributed by atoms with van der Waals surface area (Å²) in [5.41, 5.74) is 0.743. The Morgan fingerprint density at radius 1 is 1.04 bits per heavy atom. The molecule has 2 atom stereocenters. The van der Waals surface area contributed by atoms with E-state index in [0.717, 1.165) is 4.90 Å². The molecule has 0 radical (unpaired) electrons. The van der Waals surface area contributed by atoms with Crippen molar-refractivity contribution >= 4 is 23.2 Å². The van der Waals surface area contributed by atoms with Crippen LogP contribution in [0.5, 0.6) is 11.5 Å². The molecular formula is C19H15FN2O5. The highest BCUT2D eigenvalue weighted by Gasteiger charge is 2.56. The van der Waals surface area contributed by atoms with Gasteiger partial charge in [0.15, 0.2) is 11.5 Å². The summed E-state index contributed by atoms with van der Waals surface area (Å²) in [5.74, 6) is -1.88. The minimum absolute atomic E-state index is 0.0999. The number of rotatable bonds is 4. The molecular weight excluding hydrogens is 355 g/mol. The molecule has 0 N–H and O–H groups in total. The Hall–Kier alpha value is -3.42. The van der Waals surface area contributed by atoms with Crippen LogP contribution < -0.4 is 14.4 Å². The normalized spacial score (nSPS) is 21.0. The van der Waals surface area contributed by atoms with Crippen molar-refractivity contribution in [1.29, 1.82) is 0 Å². The second kappa shape index (κ2) is 6.39. The molecule has 0 saturated carbocycles. The number of nitrogens with zero attached hydrogens (tertiary/aromatic N) is 2. The first-order chi connectivity index (χ1) is 13.1. The minimum atomic E-state index is -1.11. The third kappa shape index (κ3) is 2.52. The van der Waals surface area contributed by atoms with E-state index in [1.807, 2.05) is 0 Å². The predicted molar refractivity (Wildman–Crippen MR) is 93.3 cm³/mol. The Labute approximate surface area is 153 Å². The number of carbonyl (C=O) groups is 2. The van der Waals surface area contributed by atoms with Gasteiger partial charge in [-0.25, -0.2) is 9.29 Å². The molecule has 1 fully saturated rings. The first-order valence-corrected chi connectivity index (χ1v) is 8.15. The van der Waals surface area contributed by atoms with Gasteiger partial charge in [-0.2, -0.15) is 0 Å². The summed E-state index contributed by atoms with van der Waals surface area (Å²) in [5, 5.41) is 3.93. The minimum Gasteiger partial charge on any atom is -0.493 e. The van der Waals surface area contributed by atoms with Crippen molar-refractivity contribution in [3.63, 3.8) is 0 Å².